The van der Waals surface area contributed by atoms with E-state index in [0.29, 0.717) is 5.92 Å². The van der Waals surface area contributed by atoms with E-state index in [1.54, 1.807) is 23.5 Å². The third kappa shape index (κ3) is 5.42. The van der Waals surface area contributed by atoms with E-state index in [4.69, 9.17) is 21.6 Å². The smallest absolute Gasteiger partial charge is 0.191 e. The van der Waals surface area contributed by atoms with Crippen LogP contribution in [-0.4, -0.2) is 50.4 Å². The summed E-state index contributed by atoms with van der Waals surface area (Å²) in [5.74, 6) is 3.21. The summed E-state index contributed by atoms with van der Waals surface area (Å²) in [6.07, 6.45) is 6.50. The maximum atomic E-state index is 13.4. The van der Waals surface area contributed by atoms with Crippen LogP contribution in [0.2, 0.25) is 0 Å². The quantitative estimate of drug-likeness (QED) is 0.125. The van der Waals surface area contributed by atoms with Crippen LogP contribution >= 0.6 is 34.9 Å². The van der Waals surface area contributed by atoms with Gasteiger partial charge in [0.05, 0.1) is 11.4 Å². The second-order valence-corrected chi connectivity index (χ2v) is 11.5. The fourth-order valence-corrected chi connectivity index (χ4v) is 6.85. The van der Waals surface area contributed by atoms with E-state index in [2.05, 4.69) is 45.9 Å². The number of imidazole rings is 1. The number of benzene rings is 1. The lowest BCUT2D eigenvalue weighted by Gasteiger charge is -2.31. The van der Waals surface area contributed by atoms with E-state index in [1.165, 1.54) is 17.7 Å². The zero-order valence-corrected chi connectivity index (χ0v) is 23.1. The van der Waals surface area contributed by atoms with E-state index in [-0.39, 0.29) is 5.82 Å². The molecule has 3 aromatic heterocycles. The Kier molecular flexibility index (Phi) is 8.15. The third-order valence-corrected chi connectivity index (χ3v) is 9.12. The second kappa shape index (κ2) is 11.5. The Hall–Kier alpha value is -2.13. The van der Waals surface area contributed by atoms with Gasteiger partial charge in [-0.05, 0) is 67.5 Å². The number of anilines is 2. The van der Waals surface area contributed by atoms with Crippen molar-refractivity contribution in [2.45, 2.75) is 38.5 Å². The van der Waals surface area contributed by atoms with E-state index in [9.17, 15) is 4.39 Å². The van der Waals surface area contributed by atoms with Gasteiger partial charge in [0.25, 0.3) is 0 Å². The van der Waals surface area contributed by atoms with Gasteiger partial charge in [0.2, 0.25) is 0 Å². The minimum absolute atomic E-state index is 0.240. The summed E-state index contributed by atoms with van der Waals surface area (Å²) in [4.78, 5) is 11.9. The van der Waals surface area contributed by atoms with E-state index >= 15 is 0 Å². The topological polar surface area (TPSA) is 36.7 Å². The second-order valence-electron chi connectivity index (χ2n) is 9.09. The standard InChI is InChI=1S/C27H31ClFN5S2/c1-3-23-26(32(2)27-31-24(18-35-27)20-5-8-22(29)9-6-20)34-17-21(7-10-25(34)30-23)19-11-14-33(15-12-19)36-16-4-13-28/h5-10,17-19H,3-4,11-16H2,1-2H3. The SMILES string of the molecule is CCc1nc2ccc(C3CCN(SCCCCl)CC3)cn2c1N(C)c1nc(-c2ccc(F)cc2)cs1. The maximum Gasteiger partial charge on any atom is 0.191 e. The molecule has 1 aromatic carbocycles. The van der Waals surface area contributed by atoms with Gasteiger partial charge in [-0.25, -0.2) is 14.4 Å². The Morgan fingerprint density at radius 1 is 1.14 bits per heavy atom. The molecule has 5 rings (SSSR count). The number of nitrogens with zero attached hydrogens (tertiary/aromatic N) is 5. The number of hydrogen-bond donors (Lipinski definition) is 0. The molecule has 9 heteroatoms. The largest absolute Gasteiger partial charge is 0.305 e. The first kappa shape index (κ1) is 25.5. The highest BCUT2D eigenvalue weighted by molar-refractivity contribution is 7.97. The van der Waals surface area contributed by atoms with Crippen LogP contribution in [0.15, 0.2) is 48.0 Å². The Labute approximate surface area is 225 Å². The number of fused-ring (bicyclic) bond motifs is 1. The van der Waals surface area contributed by atoms with Gasteiger partial charge >= 0.3 is 0 Å². The van der Waals surface area contributed by atoms with Gasteiger partial charge in [-0.3, -0.25) is 8.71 Å². The predicted molar refractivity (Wildman–Crippen MR) is 151 cm³/mol. The van der Waals surface area contributed by atoms with Crippen molar-refractivity contribution in [3.8, 4) is 11.3 Å². The highest BCUT2D eigenvalue weighted by Crippen LogP contribution is 2.36. The summed E-state index contributed by atoms with van der Waals surface area (Å²) >= 11 is 9.36. The van der Waals surface area contributed by atoms with E-state index in [1.807, 2.05) is 17.3 Å². The molecule has 0 radical (unpaired) electrons. The first-order valence-corrected chi connectivity index (χ1v) is 14.8. The molecule has 1 aliphatic heterocycles. The van der Waals surface area contributed by atoms with Crippen LogP contribution in [0.5, 0.6) is 0 Å². The molecule has 0 aliphatic carbocycles. The highest BCUT2D eigenvalue weighted by Gasteiger charge is 2.23. The number of rotatable bonds is 9. The van der Waals surface area contributed by atoms with Gasteiger partial charge < -0.3 is 4.90 Å². The molecular weight excluding hydrogens is 513 g/mol. The Bertz CT molecular complexity index is 1300. The van der Waals surface area contributed by atoms with E-state index in [0.717, 1.165) is 84.0 Å². The first-order valence-electron chi connectivity index (χ1n) is 12.5. The van der Waals surface area contributed by atoms with Crippen molar-refractivity contribution in [1.29, 1.82) is 0 Å². The molecule has 4 heterocycles. The monoisotopic (exact) mass is 543 g/mol. The van der Waals surface area contributed by atoms with Crippen molar-refractivity contribution in [2.24, 2.45) is 0 Å². The van der Waals surface area contributed by atoms with Crippen molar-refractivity contribution < 1.29 is 4.39 Å². The van der Waals surface area contributed by atoms with Crippen molar-refractivity contribution in [1.82, 2.24) is 18.7 Å². The molecule has 36 heavy (non-hydrogen) atoms. The van der Waals surface area contributed by atoms with Crippen LogP contribution in [0.25, 0.3) is 16.9 Å². The molecule has 1 saturated heterocycles. The van der Waals surface area contributed by atoms with Crippen molar-refractivity contribution in [3.05, 3.63) is 65.0 Å². The minimum Gasteiger partial charge on any atom is -0.305 e. The molecule has 0 amide bonds. The maximum absolute atomic E-state index is 13.4. The van der Waals surface area contributed by atoms with Crippen LogP contribution in [0.1, 0.15) is 43.4 Å². The van der Waals surface area contributed by atoms with Crippen LogP contribution in [-0.2, 0) is 6.42 Å². The zero-order valence-electron chi connectivity index (χ0n) is 20.7. The summed E-state index contributed by atoms with van der Waals surface area (Å²) in [5, 5.41) is 2.91. The summed E-state index contributed by atoms with van der Waals surface area (Å²) in [6.45, 7) is 4.36. The number of thiazole rings is 1. The molecule has 190 valence electrons. The molecule has 1 fully saturated rings. The van der Waals surface area contributed by atoms with Gasteiger partial charge in [-0.15, -0.1) is 22.9 Å². The van der Waals surface area contributed by atoms with Crippen LogP contribution in [0.4, 0.5) is 15.3 Å². The normalized spacial score (nSPS) is 15.1. The fourth-order valence-electron chi connectivity index (χ4n) is 4.76. The molecule has 0 bridgehead atoms. The Morgan fingerprint density at radius 2 is 1.92 bits per heavy atom. The van der Waals surface area contributed by atoms with Crippen molar-refractivity contribution in [3.63, 3.8) is 0 Å². The molecule has 0 saturated carbocycles. The van der Waals surface area contributed by atoms with Crippen LogP contribution in [0.3, 0.4) is 0 Å². The van der Waals surface area contributed by atoms with Gasteiger partial charge in [0, 0.05) is 48.9 Å². The summed E-state index contributed by atoms with van der Waals surface area (Å²) < 4.78 is 18.1. The van der Waals surface area contributed by atoms with Gasteiger partial charge in [0.1, 0.15) is 17.3 Å². The number of aromatic nitrogens is 3. The minimum atomic E-state index is -0.240. The Morgan fingerprint density at radius 3 is 2.64 bits per heavy atom. The number of pyridine rings is 1. The number of piperidine rings is 1. The number of aryl methyl sites for hydroxylation is 1. The number of hydrogen-bond acceptors (Lipinski definition) is 6. The predicted octanol–water partition coefficient (Wildman–Crippen LogP) is 7.38. The molecular formula is C27H31ClFN5S2. The molecule has 4 aromatic rings. The number of alkyl halides is 1. The van der Waals surface area contributed by atoms with Gasteiger partial charge in [-0.1, -0.05) is 24.9 Å². The lowest BCUT2D eigenvalue weighted by atomic mass is 9.91. The summed E-state index contributed by atoms with van der Waals surface area (Å²) in [6, 6.07) is 10.9. The molecule has 0 unspecified atom stereocenters. The van der Waals surface area contributed by atoms with Crippen molar-refractivity contribution in [2.75, 3.05) is 36.7 Å². The number of halogens is 2. The fraction of sp³-hybridized carbons (Fsp3) is 0.407. The average molecular weight is 544 g/mol. The average Bonchev–Trinajstić information content (AvgIpc) is 3.54. The molecule has 0 spiro atoms. The molecule has 0 atom stereocenters. The lowest BCUT2D eigenvalue weighted by molar-refractivity contribution is 0.345. The zero-order chi connectivity index (χ0) is 25.1. The summed E-state index contributed by atoms with van der Waals surface area (Å²) in [5.41, 5.74) is 5.15. The van der Waals surface area contributed by atoms with Gasteiger partial charge in [0.15, 0.2) is 5.13 Å². The molecule has 5 nitrogen and oxygen atoms in total. The van der Waals surface area contributed by atoms with E-state index < -0.39 is 0 Å². The van der Waals surface area contributed by atoms with Crippen LogP contribution < -0.4 is 4.90 Å². The van der Waals surface area contributed by atoms with Crippen LogP contribution in [0, 0.1) is 5.82 Å². The lowest BCUT2D eigenvalue weighted by Crippen LogP contribution is -2.28. The third-order valence-electron chi connectivity index (χ3n) is 6.73. The summed E-state index contributed by atoms with van der Waals surface area (Å²) in [7, 11) is 2.05. The van der Waals surface area contributed by atoms with Gasteiger partial charge in [-0.2, -0.15) is 0 Å². The Balaban J connectivity index is 1.39. The first-order chi connectivity index (χ1) is 17.6. The highest BCUT2D eigenvalue weighted by atomic mass is 35.5. The van der Waals surface area contributed by atoms with Crippen molar-refractivity contribution >= 4 is 51.5 Å². The molecule has 1 aliphatic rings. The molecule has 0 N–H and O–H groups in total.